The minimum absolute atomic E-state index is 0.230. The first-order chi connectivity index (χ1) is 21.1. The van der Waals surface area contributed by atoms with E-state index in [1.165, 1.54) is 12.1 Å². The zero-order chi connectivity index (χ0) is 31.4. The Labute approximate surface area is 249 Å². The minimum atomic E-state index is -4.59. The van der Waals surface area contributed by atoms with Crippen LogP contribution in [0.1, 0.15) is 37.3 Å². The van der Waals surface area contributed by atoms with Gasteiger partial charge in [0, 0.05) is 29.6 Å². The maximum absolute atomic E-state index is 15.2. The summed E-state index contributed by atoms with van der Waals surface area (Å²) in [5, 5.41) is 0. The molecular formula is C34H25F7N2O. The van der Waals surface area contributed by atoms with Gasteiger partial charge in [0.1, 0.15) is 28.8 Å². The zero-order valence-electron chi connectivity index (χ0n) is 23.4. The molecule has 0 bridgehead atoms. The van der Waals surface area contributed by atoms with Crippen LogP contribution in [0.15, 0.2) is 85.2 Å². The van der Waals surface area contributed by atoms with Crippen LogP contribution in [0.5, 0.6) is 5.75 Å². The molecule has 0 radical (unpaired) electrons. The van der Waals surface area contributed by atoms with E-state index in [0.29, 0.717) is 47.3 Å². The van der Waals surface area contributed by atoms with Gasteiger partial charge in [-0.1, -0.05) is 56.2 Å². The van der Waals surface area contributed by atoms with E-state index in [9.17, 15) is 26.3 Å². The lowest BCUT2D eigenvalue weighted by Gasteiger charge is -2.20. The molecule has 0 aliphatic rings. The molecule has 5 aromatic rings. The van der Waals surface area contributed by atoms with Crippen LogP contribution in [0, 0.1) is 29.1 Å². The molecule has 1 aromatic heterocycles. The van der Waals surface area contributed by atoms with Crippen LogP contribution < -0.4 is 4.74 Å². The number of benzene rings is 4. The van der Waals surface area contributed by atoms with Gasteiger partial charge in [-0.2, -0.15) is 8.78 Å². The predicted octanol–water partition coefficient (Wildman–Crippen LogP) is 10.0. The summed E-state index contributed by atoms with van der Waals surface area (Å²) < 4.78 is 105. The number of hydrogen-bond donors (Lipinski definition) is 0. The first kappa shape index (κ1) is 30.7. The second-order valence-electron chi connectivity index (χ2n) is 10.2. The number of nitrogens with zero attached hydrogens (tertiary/aromatic N) is 2. The third-order valence-electron chi connectivity index (χ3n) is 7.00. The Morgan fingerprint density at radius 1 is 0.614 bits per heavy atom. The molecule has 10 heteroatoms. The van der Waals surface area contributed by atoms with Crippen molar-refractivity contribution in [2.24, 2.45) is 0 Å². The highest BCUT2D eigenvalue weighted by Crippen LogP contribution is 2.38. The quantitative estimate of drug-likeness (QED) is 0.117. The third kappa shape index (κ3) is 6.74. The molecule has 3 nitrogen and oxygen atoms in total. The van der Waals surface area contributed by atoms with Crippen molar-refractivity contribution in [2.75, 3.05) is 0 Å². The summed E-state index contributed by atoms with van der Waals surface area (Å²) in [6.45, 7) is 2.14. The van der Waals surface area contributed by atoms with E-state index in [-0.39, 0.29) is 11.1 Å². The van der Waals surface area contributed by atoms with Crippen LogP contribution in [0.3, 0.4) is 0 Å². The van der Waals surface area contributed by atoms with Crippen molar-refractivity contribution in [2.45, 2.75) is 38.7 Å². The number of hydrogen-bond acceptors (Lipinski definition) is 3. The van der Waals surface area contributed by atoms with Crippen molar-refractivity contribution < 1.29 is 35.5 Å². The van der Waals surface area contributed by atoms with Gasteiger partial charge in [-0.25, -0.2) is 31.9 Å². The molecule has 5 rings (SSSR count). The molecule has 0 fully saturated rings. The molecule has 0 amide bonds. The number of alkyl halides is 2. The van der Waals surface area contributed by atoms with Gasteiger partial charge in [0.25, 0.3) is 0 Å². The predicted molar refractivity (Wildman–Crippen MR) is 152 cm³/mol. The molecule has 4 aromatic carbocycles. The average molecular weight is 611 g/mol. The molecular weight excluding hydrogens is 585 g/mol. The maximum Gasteiger partial charge on any atom is 0.432 e. The Hall–Kier alpha value is -4.73. The molecule has 0 unspecified atom stereocenters. The molecule has 0 aliphatic carbocycles. The highest BCUT2D eigenvalue weighted by Gasteiger charge is 2.41. The number of unbranched alkanes of at least 4 members (excludes halogenated alkanes) is 2. The van der Waals surface area contributed by atoms with E-state index in [4.69, 9.17) is 0 Å². The normalized spacial score (nSPS) is 11.5. The van der Waals surface area contributed by atoms with Gasteiger partial charge in [-0.3, -0.25) is 0 Å². The monoisotopic (exact) mass is 610 g/mol. The number of aromatic nitrogens is 2. The molecule has 1 heterocycles. The highest BCUT2D eigenvalue weighted by molar-refractivity contribution is 5.73. The van der Waals surface area contributed by atoms with E-state index < -0.39 is 46.5 Å². The second kappa shape index (κ2) is 12.9. The first-order valence-corrected chi connectivity index (χ1v) is 13.8. The summed E-state index contributed by atoms with van der Waals surface area (Å²) in [6, 6.07) is 13.7. The minimum Gasteiger partial charge on any atom is -0.429 e. The Bertz CT molecular complexity index is 1750. The van der Waals surface area contributed by atoms with Gasteiger partial charge in [0.15, 0.2) is 17.5 Å². The van der Waals surface area contributed by atoms with E-state index in [2.05, 4.69) is 21.6 Å². The van der Waals surface area contributed by atoms with Crippen LogP contribution in [0.25, 0.3) is 33.6 Å². The number of halogens is 7. The SMILES string of the molecule is CCCCCc1cnc(-c2ccc(-c3ccc(-c4cc(F)c(C(F)(F)Oc5ccc(F)c(F)c5)c(F)c4)c(F)c3)cc2)nc1. The molecule has 0 atom stereocenters. The Kier molecular flexibility index (Phi) is 8.98. The second-order valence-corrected chi connectivity index (χ2v) is 10.2. The third-order valence-corrected chi connectivity index (χ3v) is 7.00. The summed E-state index contributed by atoms with van der Waals surface area (Å²) in [6.07, 6.45) is 3.28. The van der Waals surface area contributed by atoms with Crippen molar-refractivity contribution in [3.63, 3.8) is 0 Å². The van der Waals surface area contributed by atoms with Crippen molar-refractivity contribution in [1.82, 2.24) is 9.97 Å². The lowest BCUT2D eigenvalue weighted by molar-refractivity contribution is -0.189. The van der Waals surface area contributed by atoms with Gasteiger partial charge in [-0.05, 0) is 65.4 Å². The number of ether oxygens (including phenoxy) is 1. The Morgan fingerprint density at radius 3 is 1.84 bits per heavy atom. The summed E-state index contributed by atoms with van der Waals surface area (Å²) >= 11 is 0. The summed E-state index contributed by atoms with van der Waals surface area (Å²) in [5.41, 5.74) is 0.619. The fourth-order valence-electron chi connectivity index (χ4n) is 4.70. The van der Waals surface area contributed by atoms with Crippen LogP contribution in [0.4, 0.5) is 30.7 Å². The fourth-order valence-corrected chi connectivity index (χ4v) is 4.70. The van der Waals surface area contributed by atoms with Gasteiger partial charge >= 0.3 is 6.11 Å². The lowest BCUT2D eigenvalue weighted by atomic mass is 9.97. The summed E-state index contributed by atoms with van der Waals surface area (Å²) in [7, 11) is 0. The molecule has 0 spiro atoms. The summed E-state index contributed by atoms with van der Waals surface area (Å²) in [5.74, 6) is -7.39. The van der Waals surface area contributed by atoms with Crippen LogP contribution in [0.2, 0.25) is 0 Å². The topological polar surface area (TPSA) is 35.0 Å². The maximum atomic E-state index is 15.2. The van der Waals surface area contributed by atoms with E-state index in [1.807, 2.05) is 0 Å². The molecule has 0 saturated carbocycles. The van der Waals surface area contributed by atoms with Crippen LogP contribution in [-0.4, -0.2) is 9.97 Å². The summed E-state index contributed by atoms with van der Waals surface area (Å²) in [4.78, 5) is 8.87. The van der Waals surface area contributed by atoms with Gasteiger partial charge in [0.2, 0.25) is 0 Å². The van der Waals surface area contributed by atoms with E-state index in [0.717, 1.165) is 42.9 Å². The lowest BCUT2D eigenvalue weighted by Crippen LogP contribution is -2.25. The molecule has 0 aliphatic heterocycles. The largest absolute Gasteiger partial charge is 0.432 e. The Morgan fingerprint density at radius 2 is 1.23 bits per heavy atom. The van der Waals surface area contributed by atoms with Crippen molar-refractivity contribution in [3.05, 3.63) is 125 Å². The first-order valence-electron chi connectivity index (χ1n) is 13.8. The van der Waals surface area contributed by atoms with Gasteiger partial charge in [-0.15, -0.1) is 0 Å². The number of rotatable bonds is 10. The van der Waals surface area contributed by atoms with E-state index in [1.54, 1.807) is 36.7 Å². The van der Waals surface area contributed by atoms with Crippen LogP contribution >= 0.6 is 0 Å². The van der Waals surface area contributed by atoms with Crippen molar-refractivity contribution in [3.8, 4) is 39.4 Å². The molecule has 226 valence electrons. The van der Waals surface area contributed by atoms with E-state index >= 15 is 4.39 Å². The average Bonchev–Trinajstić information content (AvgIpc) is 2.99. The van der Waals surface area contributed by atoms with Gasteiger partial charge in [0.05, 0.1) is 0 Å². The number of aryl methyl sites for hydroxylation is 1. The molecule has 0 saturated heterocycles. The van der Waals surface area contributed by atoms with Crippen molar-refractivity contribution in [1.29, 1.82) is 0 Å². The standard InChI is InChI=1S/C34H25F7N2O/c1-2-3-4-5-20-18-42-33(43-19-20)22-8-6-21(7-9-22)23-10-12-26(28(36)14-23)24-15-30(38)32(31(39)16-24)34(40,41)44-25-11-13-27(35)29(37)17-25/h6-19H,2-5H2,1H3. The van der Waals surface area contributed by atoms with Crippen LogP contribution in [-0.2, 0) is 12.5 Å². The van der Waals surface area contributed by atoms with Gasteiger partial charge < -0.3 is 4.74 Å². The van der Waals surface area contributed by atoms with Crippen molar-refractivity contribution >= 4 is 0 Å². The highest BCUT2D eigenvalue weighted by atomic mass is 19.3. The smallest absolute Gasteiger partial charge is 0.429 e. The molecule has 44 heavy (non-hydrogen) atoms. The zero-order valence-corrected chi connectivity index (χ0v) is 23.4. The Balaban J connectivity index is 1.34. The molecule has 0 N–H and O–H groups in total. The fraction of sp³-hybridized carbons (Fsp3) is 0.176.